The molecule has 6 nitrogen and oxygen atoms in total. The zero-order chi connectivity index (χ0) is 24.2. The number of fused-ring (bicyclic) bond motifs is 2. The molecule has 7 heteroatoms. The van der Waals surface area contributed by atoms with Crippen molar-refractivity contribution in [2.75, 3.05) is 18.5 Å². The molecule has 1 amide bonds. The topological polar surface area (TPSA) is 71.5 Å². The predicted molar refractivity (Wildman–Crippen MR) is 136 cm³/mol. The van der Waals surface area contributed by atoms with Gasteiger partial charge in [0.2, 0.25) is 0 Å². The molecule has 3 aromatic carbocycles. The number of hydrogen-bond acceptors (Lipinski definition) is 5. The highest BCUT2D eigenvalue weighted by atomic mass is 35.5. The van der Waals surface area contributed by atoms with Crippen LogP contribution in [0, 0.1) is 0 Å². The molecule has 0 spiro atoms. The van der Waals surface area contributed by atoms with Gasteiger partial charge >= 0.3 is 5.97 Å². The molecule has 0 saturated carbocycles. The Morgan fingerprint density at radius 1 is 0.971 bits per heavy atom. The third-order valence-corrected chi connectivity index (χ3v) is 6.39. The van der Waals surface area contributed by atoms with Crippen LogP contribution < -0.4 is 5.32 Å². The van der Waals surface area contributed by atoms with Gasteiger partial charge in [-0.05, 0) is 23.8 Å². The Morgan fingerprint density at radius 3 is 2.54 bits per heavy atom. The number of esters is 1. The summed E-state index contributed by atoms with van der Waals surface area (Å²) in [5.74, 6) is -0.986. The third kappa shape index (κ3) is 5.19. The van der Waals surface area contributed by atoms with Crippen molar-refractivity contribution in [2.24, 2.45) is 0 Å². The number of anilines is 1. The van der Waals surface area contributed by atoms with Crippen LogP contribution in [0.15, 0.2) is 78.9 Å². The van der Waals surface area contributed by atoms with E-state index in [2.05, 4.69) is 22.3 Å². The molecule has 35 heavy (non-hydrogen) atoms. The van der Waals surface area contributed by atoms with E-state index in [1.807, 2.05) is 42.5 Å². The molecule has 0 fully saturated rings. The van der Waals surface area contributed by atoms with Gasteiger partial charge in [0.25, 0.3) is 5.91 Å². The van der Waals surface area contributed by atoms with E-state index in [0.717, 1.165) is 41.7 Å². The van der Waals surface area contributed by atoms with Gasteiger partial charge in [0.15, 0.2) is 6.61 Å². The fourth-order valence-corrected chi connectivity index (χ4v) is 4.59. The zero-order valence-corrected chi connectivity index (χ0v) is 19.8. The summed E-state index contributed by atoms with van der Waals surface area (Å²) in [6.07, 6.45) is 0.736. The number of rotatable bonds is 6. The molecule has 1 N–H and O–H groups in total. The second-order valence-electron chi connectivity index (χ2n) is 8.48. The molecular formula is C28H24ClN3O3. The normalized spacial score (nSPS) is 13.3. The van der Waals surface area contributed by atoms with Crippen molar-refractivity contribution in [1.29, 1.82) is 0 Å². The Balaban J connectivity index is 1.38. The number of amides is 1. The first-order valence-corrected chi connectivity index (χ1v) is 11.8. The number of aromatic nitrogens is 1. The van der Waals surface area contributed by atoms with Gasteiger partial charge in [-0.1, -0.05) is 72.3 Å². The standard InChI is InChI=1S/C28H24ClN3O3/c29-22-11-5-7-13-25(22)31-26(33)18-35-28(34)27-20-10-4-6-12-23(20)30-24-14-15-32(17-21(24)27)16-19-8-2-1-3-9-19/h1-13H,14-18H2,(H,31,33). The van der Waals surface area contributed by atoms with Crippen LogP contribution in [0.1, 0.15) is 27.2 Å². The number of halogens is 1. The highest BCUT2D eigenvalue weighted by molar-refractivity contribution is 6.33. The second kappa shape index (κ2) is 10.3. The smallest absolute Gasteiger partial charge is 0.339 e. The van der Waals surface area contributed by atoms with Crippen LogP contribution in [0.4, 0.5) is 5.69 Å². The molecule has 0 bridgehead atoms. The first-order valence-electron chi connectivity index (χ1n) is 11.5. The van der Waals surface area contributed by atoms with Crippen LogP contribution in [-0.4, -0.2) is 34.9 Å². The molecule has 1 aliphatic rings. The highest BCUT2D eigenvalue weighted by Crippen LogP contribution is 2.29. The first-order chi connectivity index (χ1) is 17.1. The fraction of sp³-hybridized carbons (Fsp3) is 0.179. The first kappa shape index (κ1) is 23.0. The van der Waals surface area contributed by atoms with Crippen molar-refractivity contribution in [3.63, 3.8) is 0 Å². The van der Waals surface area contributed by atoms with Gasteiger partial charge in [-0.3, -0.25) is 14.7 Å². The lowest BCUT2D eigenvalue weighted by molar-refractivity contribution is -0.119. The number of hydrogen-bond donors (Lipinski definition) is 1. The average Bonchev–Trinajstić information content (AvgIpc) is 2.88. The lowest BCUT2D eigenvalue weighted by Gasteiger charge is -2.30. The largest absolute Gasteiger partial charge is 0.452 e. The summed E-state index contributed by atoms with van der Waals surface area (Å²) >= 11 is 6.11. The number of carbonyl (C=O) groups excluding carboxylic acids is 2. The maximum atomic E-state index is 13.3. The van der Waals surface area contributed by atoms with E-state index in [-0.39, 0.29) is 0 Å². The number of pyridine rings is 1. The minimum absolute atomic E-state index is 0.413. The predicted octanol–water partition coefficient (Wildman–Crippen LogP) is 5.24. The summed E-state index contributed by atoms with van der Waals surface area (Å²) in [6.45, 7) is 1.80. The molecule has 0 radical (unpaired) electrons. The van der Waals surface area contributed by atoms with Crippen molar-refractivity contribution >= 4 is 40.1 Å². The van der Waals surface area contributed by atoms with E-state index in [1.165, 1.54) is 5.56 Å². The molecule has 4 aromatic rings. The van der Waals surface area contributed by atoms with Crippen LogP contribution in [-0.2, 0) is 29.0 Å². The van der Waals surface area contributed by atoms with Gasteiger partial charge in [-0.2, -0.15) is 0 Å². The van der Waals surface area contributed by atoms with Gasteiger partial charge in [0, 0.05) is 42.7 Å². The summed E-state index contributed by atoms with van der Waals surface area (Å²) in [7, 11) is 0. The van der Waals surface area contributed by atoms with Crippen molar-refractivity contribution in [2.45, 2.75) is 19.5 Å². The Labute approximate surface area is 208 Å². The monoisotopic (exact) mass is 485 g/mol. The second-order valence-corrected chi connectivity index (χ2v) is 8.89. The average molecular weight is 486 g/mol. The number of nitrogens with one attached hydrogen (secondary N) is 1. The Hall–Kier alpha value is -3.74. The molecule has 2 heterocycles. The summed E-state index contributed by atoms with van der Waals surface area (Å²) in [6, 6.07) is 24.7. The summed E-state index contributed by atoms with van der Waals surface area (Å²) < 4.78 is 5.49. The Morgan fingerprint density at radius 2 is 1.71 bits per heavy atom. The van der Waals surface area contributed by atoms with Gasteiger partial charge in [0.05, 0.1) is 21.8 Å². The number of para-hydroxylation sites is 2. The molecular weight excluding hydrogens is 462 g/mol. The zero-order valence-electron chi connectivity index (χ0n) is 19.0. The molecule has 176 valence electrons. The molecule has 1 aliphatic heterocycles. The fourth-order valence-electron chi connectivity index (χ4n) is 4.41. The minimum atomic E-state index is -0.532. The van der Waals surface area contributed by atoms with Crippen molar-refractivity contribution in [3.8, 4) is 0 Å². The van der Waals surface area contributed by atoms with Gasteiger partial charge < -0.3 is 10.1 Å². The number of carbonyl (C=O) groups is 2. The SMILES string of the molecule is O=C(COC(=O)c1c2c(nc3ccccc13)CCN(Cc1ccccc1)C2)Nc1ccccc1Cl. The Kier molecular flexibility index (Phi) is 6.75. The third-order valence-electron chi connectivity index (χ3n) is 6.06. The number of ether oxygens (including phenoxy) is 1. The van der Waals surface area contributed by atoms with Crippen LogP contribution >= 0.6 is 11.6 Å². The van der Waals surface area contributed by atoms with Crippen LogP contribution in [0.3, 0.4) is 0 Å². The van der Waals surface area contributed by atoms with Gasteiger partial charge in [-0.15, -0.1) is 0 Å². The van der Waals surface area contributed by atoms with Crippen molar-refractivity contribution in [3.05, 3.63) is 106 Å². The summed E-state index contributed by atoms with van der Waals surface area (Å²) in [4.78, 5) is 32.9. The molecule has 0 saturated heterocycles. The highest BCUT2D eigenvalue weighted by Gasteiger charge is 2.27. The molecule has 1 aromatic heterocycles. The van der Waals surface area contributed by atoms with E-state index in [9.17, 15) is 9.59 Å². The lowest BCUT2D eigenvalue weighted by Crippen LogP contribution is -2.32. The quantitative estimate of drug-likeness (QED) is 0.378. The van der Waals surface area contributed by atoms with Crippen LogP contribution in [0.25, 0.3) is 10.9 Å². The van der Waals surface area contributed by atoms with Crippen LogP contribution in [0.2, 0.25) is 5.02 Å². The molecule has 0 aliphatic carbocycles. The van der Waals surface area contributed by atoms with E-state index in [0.29, 0.717) is 22.8 Å². The number of nitrogens with zero attached hydrogens (tertiary/aromatic N) is 2. The molecule has 0 unspecified atom stereocenters. The van der Waals surface area contributed by atoms with Crippen LogP contribution in [0.5, 0.6) is 0 Å². The van der Waals surface area contributed by atoms with Crippen molar-refractivity contribution < 1.29 is 14.3 Å². The van der Waals surface area contributed by atoms with Gasteiger partial charge in [0.1, 0.15) is 0 Å². The van der Waals surface area contributed by atoms with Crippen molar-refractivity contribution in [1.82, 2.24) is 9.88 Å². The van der Waals surface area contributed by atoms with Gasteiger partial charge in [-0.25, -0.2) is 4.79 Å². The van der Waals surface area contributed by atoms with E-state index in [1.54, 1.807) is 24.3 Å². The minimum Gasteiger partial charge on any atom is -0.452 e. The maximum absolute atomic E-state index is 13.3. The Bertz CT molecular complexity index is 1390. The van der Waals surface area contributed by atoms with E-state index < -0.39 is 18.5 Å². The molecule has 5 rings (SSSR count). The maximum Gasteiger partial charge on any atom is 0.339 e. The summed E-state index contributed by atoms with van der Waals surface area (Å²) in [5, 5.41) is 3.82. The lowest BCUT2D eigenvalue weighted by atomic mass is 9.95. The molecule has 0 atom stereocenters. The summed E-state index contributed by atoms with van der Waals surface area (Å²) in [5.41, 5.74) is 4.68. The van der Waals surface area contributed by atoms with E-state index in [4.69, 9.17) is 21.3 Å². The van der Waals surface area contributed by atoms with E-state index >= 15 is 0 Å². The number of benzene rings is 3.